The number of nitro benzene ring substituents is 1. The van der Waals surface area contributed by atoms with E-state index in [0.29, 0.717) is 30.1 Å². The lowest BCUT2D eigenvalue weighted by atomic mass is 10.1. The molecule has 0 spiro atoms. The molecule has 1 fully saturated rings. The Kier molecular flexibility index (Phi) is 4.62. The van der Waals surface area contributed by atoms with E-state index >= 15 is 0 Å². The van der Waals surface area contributed by atoms with Crippen LogP contribution in [0, 0.1) is 16.0 Å². The number of nitrogens with one attached hydrogen (secondary N) is 1. The summed E-state index contributed by atoms with van der Waals surface area (Å²) in [6, 6.07) is 4.41. The SMILES string of the molecule is O=[N+]([O-])c1ccc(Cl)cc1CNCC1CCS(=O)(=O)C1. The minimum atomic E-state index is -2.89. The first-order chi connectivity index (χ1) is 9.37. The van der Waals surface area contributed by atoms with E-state index in [1.54, 1.807) is 6.07 Å². The largest absolute Gasteiger partial charge is 0.312 e. The molecule has 0 amide bonds. The van der Waals surface area contributed by atoms with E-state index in [4.69, 9.17) is 11.6 Å². The Morgan fingerprint density at radius 3 is 2.80 bits per heavy atom. The van der Waals surface area contributed by atoms with Crippen molar-refractivity contribution in [1.82, 2.24) is 5.32 Å². The van der Waals surface area contributed by atoms with Crippen LogP contribution in [0.2, 0.25) is 5.02 Å². The summed E-state index contributed by atoms with van der Waals surface area (Å²) >= 11 is 5.84. The van der Waals surface area contributed by atoms with Crippen LogP contribution in [0.1, 0.15) is 12.0 Å². The van der Waals surface area contributed by atoms with Gasteiger partial charge in [-0.25, -0.2) is 8.42 Å². The summed E-state index contributed by atoms with van der Waals surface area (Å²) < 4.78 is 22.7. The third kappa shape index (κ3) is 3.91. The number of nitro groups is 1. The number of halogens is 1. The van der Waals surface area contributed by atoms with Crippen LogP contribution in [0.15, 0.2) is 18.2 Å². The van der Waals surface area contributed by atoms with E-state index in [2.05, 4.69) is 5.32 Å². The zero-order valence-electron chi connectivity index (χ0n) is 10.7. The van der Waals surface area contributed by atoms with Crippen LogP contribution in [-0.2, 0) is 16.4 Å². The third-order valence-electron chi connectivity index (χ3n) is 3.31. The van der Waals surface area contributed by atoms with Crippen LogP contribution in [0.3, 0.4) is 0 Å². The maximum atomic E-state index is 11.3. The molecule has 1 unspecified atom stereocenters. The van der Waals surface area contributed by atoms with Gasteiger partial charge in [-0.1, -0.05) is 11.6 Å². The predicted molar refractivity (Wildman–Crippen MR) is 76.6 cm³/mol. The Bertz CT molecular complexity index is 618. The van der Waals surface area contributed by atoms with Gasteiger partial charge in [0.05, 0.1) is 16.4 Å². The minimum absolute atomic E-state index is 0.0148. The van der Waals surface area contributed by atoms with Crippen LogP contribution in [0.25, 0.3) is 0 Å². The predicted octanol–water partition coefficient (Wildman–Crippen LogP) is 1.77. The topological polar surface area (TPSA) is 89.3 Å². The van der Waals surface area contributed by atoms with Gasteiger partial charge in [0.1, 0.15) is 0 Å². The lowest BCUT2D eigenvalue weighted by Crippen LogP contribution is -2.23. The first kappa shape index (κ1) is 15.2. The van der Waals surface area contributed by atoms with Crippen molar-refractivity contribution < 1.29 is 13.3 Å². The van der Waals surface area contributed by atoms with Crippen molar-refractivity contribution in [2.75, 3.05) is 18.1 Å². The number of rotatable bonds is 5. The summed E-state index contributed by atoms with van der Waals surface area (Å²) in [5.41, 5.74) is 0.518. The van der Waals surface area contributed by atoms with E-state index in [0.717, 1.165) is 0 Å². The molecule has 1 saturated heterocycles. The van der Waals surface area contributed by atoms with Crippen molar-refractivity contribution in [2.24, 2.45) is 5.92 Å². The summed E-state index contributed by atoms with van der Waals surface area (Å²) in [6.07, 6.45) is 0.646. The molecule has 0 aromatic heterocycles. The van der Waals surface area contributed by atoms with Crippen molar-refractivity contribution in [3.05, 3.63) is 38.9 Å². The minimum Gasteiger partial charge on any atom is -0.312 e. The number of sulfone groups is 1. The van der Waals surface area contributed by atoms with Gasteiger partial charge in [-0.3, -0.25) is 10.1 Å². The third-order valence-corrected chi connectivity index (χ3v) is 5.39. The number of hydrogen-bond donors (Lipinski definition) is 1. The van der Waals surface area contributed by atoms with Crippen LogP contribution >= 0.6 is 11.6 Å². The molecule has 1 aromatic rings. The molecule has 1 aliphatic heterocycles. The summed E-state index contributed by atoms with van der Waals surface area (Å²) in [6.45, 7) is 0.830. The Morgan fingerprint density at radius 2 is 2.20 bits per heavy atom. The number of benzene rings is 1. The fraction of sp³-hybridized carbons (Fsp3) is 0.500. The molecule has 110 valence electrons. The van der Waals surface area contributed by atoms with Gasteiger partial charge in [-0.2, -0.15) is 0 Å². The Balaban J connectivity index is 1.94. The van der Waals surface area contributed by atoms with Gasteiger partial charge in [0.15, 0.2) is 9.84 Å². The van der Waals surface area contributed by atoms with E-state index in [-0.39, 0.29) is 23.1 Å². The highest BCUT2D eigenvalue weighted by Gasteiger charge is 2.27. The zero-order valence-corrected chi connectivity index (χ0v) is 12.3. The Hall–Kier alpha value is -1.18. The fourth-order valence-corrected chi connectivity index (χ4v) is 4.37. The number of hydrogen-bond acceptors (Lipinski definition) is 5. The molecule has 1 atom stereocenters. The fourth-order valence-electron chi connectivity index (χ4n) is 2.32. The molecule has 1 heterocycles. The lowest BCUT2D eigenvalue weighted by molar-refractivity contribution is -0.385. The molecule has 0 saturated carbocycles. The van der Waals surface area contributed by atoms with Crippen molar-refractivity contribution in [3.8, 4) is 0 Å². The summed E-state index contributed by atoms with van der Waals surface area (Å²) in [4.78, 5) is 10.4. The van der Waals surface area contributed by atoms with Gasteiger partial charge in [-0.15, -0.1) is 0 Å². The van der Waals surface area contributed by atoms with Crippen LogP contribution < -0.4 is 5.32 Å². The van der Waals surface area contributed by atoms with Gasteiger partial charge in [0.2, 0.25) is 0 Å². The zero-order chi connectivity index (χ0) is 14.8. The van der Waals surface area contributed by atoms with Crippen LogP contribution in [-0.4, -0.2) is 31.4 Å². The van der Waals surface area contributed by atoms with Crippen molar-refractivity contribution in [1.29, 1.82) is 0 Å². The molecule has 20 heavy (non-hydrogen) atoms. The van der Waals surface area contributed by atoms with Crippen molar-refractivity contribution in [2.45, 2.75) is 13.0 Å². The first-order valence-electron chi connectivity index (χ1n) is 6.21. The van der Waals surface area contributed by atoms with Crippen molar-refractivity contribution >= 4 is 27.1 Å². The summed E-state index contributed by atoms with van der Waals surface area (Å²) in [5, 5.41) is 14.4. The molecular weight excluding hydrogens is 304 g/mol. The van der Waals surface area contributed by atoms with Crippen LogP contribution in [0.4, 0.5) is 5.69 Å². The quantitative estimate of drug-likeness (QED) is 0.660. The second-order valence-corrected chi connectivity index (χ2v) is 7.60. The molecule has 2 rings (SSSR count). The van der Waals surface area contributed by atoms with Gasteiger partial charge < -0.3 is 5.32 Å². The molecule has 8 heteroatoms. The van der Waals surface area contributed by atoms with Gasteiger partial charge in [0.25, 0.3) is 5.69 Å². The highest BCUT2D eigenvalue weighted by atomic mass is 35.5. The molecule has 1 aliphatic rings. The Morgan fingerprint density at radius 1 is 1.45 bits per heavy atom. The number of nitrogens with zero attached hydrogens (tertiary/aromatic N) is 1. The summed E-state index contributed by atoms with van der Waals surface area (Å²) in [5.74, 6) is 0.507. The van der Waals surface area contributed by atoms with Gasteiger partial charge >= 0.3 is 0 Å². The van der Waals surface area contributed by atoms with E-state index in [9.17, 15) is 18.5 Å². The van der Waals surface area contributed by atoms with Gasteiger partial charge in [-0.05, 0) is 31.0 Å². The van der Waals surface area contributed by atoms with Crippen LogP contribution in [0.5, 0.6) is 0 Å². The molecule has 0 radical (unpaired) electrons. The lowest BCUT2D eigenvalue weighted by Gasteiger charge is -2.10. The molecule has 6 nitrogen and oxygen atoms in total. The average molecular weight is 319 g/mol. The molecule has 1 N–H and O–H groups in total. The molecular formula is C12H15ClN2O4S. The molecule has 1 aromatic carbocycles. The standard InChI is InChI=1S/C12H15ClN2O4S/c13-11-1-2-12(15(16)17)10(5-11)7-14-6-9-3-4-20(18,19)8-9/h1-2,5,9,14H,3-4,6-8H2. The Labute approximate surface area is 122 Å². The second-order valence-electron chi connectivity index (χ2n) is 4.93. The van der Waals surface area contributed by atoms with E-state index < -0.39 is 14.8 Å². The maximum absolute atomic E-state index is 11.3. The van der Waals surface area contributed by atoms with Gasteiger partial charge in [0, 0.05) is 23.2 Å². The van der Waals surface area contributed by atoms with E-state index in [1.165, 1.54) is 12.1 Å². The smallest absolute Gasteiger partial charge is 0.273 e. The monoisotopic (exact) mass is 318 g/mol. The maximum Gasteiger partial charge on any atom is 0.273 e. The van der Waals surface area contributed by atoms with Crippen molar-refractivity contribution in [3.63, 3.8) is 0 Å². The highest BCUT2D eigenvalue weighted by molar-refractivity contribution is 7.91. The molecule has 0 aliphatic carbocycles. The van der Waals surface area contributed by atoms with E-state index in [1.807, 2.05) is 0 Å². The summed E-state index contributed by atoms with van der Waals surface area (Å²) in [7, 11) is -2.89. The normalized spacial score (nSPS) is 20.9. The second kappa shape index (κ2) is 6.07. The first-order valence-corrected chi connectivity index (χ1v) is 8.41. The average Bonchev–Trinajstić information content (AvgIpc) is 2.68. The molecule has 0 bridgehead atoms. The highest BCUT2D eigenvalue weighted by Crippen LogP contribution is 2.23.